The van der Waals surface area contributed by atoms with Crippen LogP contribution in [0.25, 0.3) is 10.6 Å². The van der Waals surface area contributed by atoms with Gasteiger partial charge < -0.3 is 10.6 Å². The van der Waals surface area contributed by atoms with Gasteiger partial charge in [-0.3, -0.25) is 0 Å². The first-order valence-corrected chi connectivity index (χ1v) is 9.16. The summed E-state index contributed by atoms with van der Waals surface area (Å²) in [6.07, 6.45) is 0. The lowest BCUT2D eigenvalue weighted by atomic mass is 10.2. The zero-order valence-corrected chi connectivity index (χ0v) is 14.9. The predicted octanol–water partition coefficient (Wildman–Crippen LogP) is 5.49. The lowest BCUT2D eigenvalue weighted by molar-refractivity contribution is 0.689. The first-order valence-electron chi connectivity index (χ1n) is 8.28. The molecule has 0 aliphatic rings. The van der Waals surface area contributed by atoms with E-state index in [2.05, 4.69) is 66.3 Å². The van der Waals surface area contributed by atoms with E-state index in [4.69, 9.17) is 4.98 Å². The van der Waals surface area contributed by atoms with Gasteiger partial charge in [0.2, 0.25) is 0 Å². The summed E-state index contributed by atoms with van der Waals surface area (Å²) < 4.78 is 0. The zero-order valence-electron chi connectivity index (χ0n) is 14.1. The minimum atomic E-state index is 0.632. The third-order valence-electron chi connectivity index (χ3n) is 3.62. The molecule has 1 aromatic heterocycles. The lowest BCUT2D eigenvalue weighted by Gasteiger charge is -2.11. The van der Waals surface area contributed by atoms with Crippen molar-refractivity contribution < 1.29 is 0 Å². The van der Waals surface area contributed by atoms with E-state index in [1.807, 2.05) is 18.2 Å². The zero-order chi connectivity index (χ0) is 16.8. The summed E-state index contributed by atoms with van der Waals surface area (Å²) in [6.45, 7) is 6.14. The van der Waals surface area contributed by atoms with Crippen molar-refractivity contribution in [1.82, 2.24) is 4.98 Å². The van der Waals surface area contributed by atoms with Gasteiger partial charge in [0, 0.05) is 28.9 Å². The van der Waals surface area contributed by atoms with Crippen LogP contribution < -0.4 is 10.6 Å². The van der Waals surface area contributed by atoms with Gasteiger partial charge in [0.1, 0.15) is 5.01 Å². The summed E-state index contributed by atoms with van der Waals surface area (Å²) in [5.74, 6) is 0.632. The number of aromatic nitrogens is 1. The van der Waals surface area contributed by atoms with E-state index in [0.717, 1.165) is 35.2 Å². The molecule has 0 fully saturated rings. The van der Waals surface area contributed by atoms with E-state index < -0.39 is 0 Å². The Morgan fingerprint density at radius 1 is 0.958 bits per heavy atom. The minimum absolute atomic E-state index is 0.632. The number of anilines is 2. The molecule has 124 valence electrons. The quantitative estimate of drug-likeness (QED) is 0.598. The maximum Gasteiger partial charge on any atom is 0.123 e. The van der Waals surface area contributed by atoms with Crippen molar-refractivity contribution in [1.29, 1.82) is 0 Å². The van der Waals surface area contributed by atoms with Crippen LogP contribution in [0.4, 0.5) is 11.4 Å². The molecule has 3 rings (SSSR count). The highest BCUT2D eigenvalue weighted by atomic mass is 32.1. The molecule has 0 saturated carbocycles. The van der Waals surface area contributed by atoms with Gasteiger partial charge in [0.05, 0.1) is 12.2 Å². The summed E-state index contributed by atoms with van der Waals surface area (Å²) >= 11 is 1.69. The molecule has 2 aromatic carbocycles. The number of nitrogens with one attached hydrogen (secondary N) is 2. The van der Waals surface area contributed by atoms with E-state index >= 15 is 0 Å². The van der Waals surface area contributed by atoms with E-state index in [-0.39, 0.29) is 0 Å². The normalized spacial score (nSPS) is 10.8. The monoisotopic (exact) mass is 337 g/mol. The molecule has 3 nitrogen and oxygen atoms in total. The number of nitrogens with zero attached hydrogens (tertiary/aromatic N) is 1. The lowest BCUT2D eigenvalue weighted by Crippen LogP contribution is -2.08. The molecule has 0 saturated heterocycles. The summed E-state index contributed by atoms with van der Waals surface area (Å²) in [4.78, 5) is 4.72. The highest BCUT2D eigenvalue weighted by Gasteiger charge is 2.04. The third-order valence-corrected chi connectivity index (χ3v) is 4.56. The van der Waals surface area contributed by atoms with Gasteiger partial charge in [0.15, 0.2) is 0 Å². The fourth-order valence-electron chi connectivity index (χ4n) is 2.36. The molecule has 3 aromatic rings. The molecule has 0 amide bonds. The Balaban J connectivity index is 1.60. The summed E-state index contributed by atoms with van der Waals surface area (Å²) in [6, 6.07) is 18.7. The molecule has 1 heterocycles. The molecule has 0 spiro atoms. The fraction of sp³-hybridized carbons (Fsp3) is 0.250. The van der Waals surface area contributed by atoms with Gasteiger partial charge in [0.25, 0.3) is 0 Å². The van der Waals surface area contributed by atoms with Crippen LogP contribution in [0.1, 0.15) is 19.5 Å². The van der Waals surface area contributed by atoms with Crippen molar-refractivity contribution in [2.24, 2.45) is 5.92 Å². The average molecular weight is 337 g/mol. The highest BCUT2D eigenvalue weighted by Crippen LogP contribution is 2.24. The number of benzene rings is 2. The van der Waals surface area contributed by atoms with E-state index in [1.165, 1.54) is 5.56 Å². The molecule has 24 heavy (non-hydrogen) atoms. The van der Waals surface area contributed by atoms with Crippen LogP contribution in [0.2, 0.25) is 0 Å². The molecule has 0 atom stereocenters. The standard InChI is InChI=1S/C20H23N3S/c1-15(2)12-21-17-9-6-10-18(11-17)22-13-19-14-24-20(23-19)16-7-4-3-5-8-16/h3-11,14-15,21-22H,12-13H2,1-2H3. The smallest absolute Gasteiger partial charge is 0.123 e. The summed E-state index contributed by atoms with van der Waals surface area (Å²) in [5, 5.41) is 10.1. The molecule has 4 heteroatoms. The molecule has 0 bridgehead atoms. The Labute approximate surface area is 147 Å². The van der Waals surface area contributed by atoms with Crippen LogP contribution >= 0.6 is 11.3 Å². The van der Waals surface area contributed by atoms with E-state index in [0.29, 0.717) is 5.92 Å². The minimum Gasteiger partial charge on any atom is -0.385 e. The highest BCUT2D eigenvalue weighted by molar-refractivity contribution is 7.13. The van der Waals surface area contributed by atoms with Crippen LogP contribution in [0, 0.1) is 5.92 Å². The Morgan fingerprint density at radius 2 is 1.71 bits per heavy atom. The van der Waals surface area contributed by atoms with Gasteiger partial charge in [-0.05, 0) is 24.1 Å². The Hall–Kier alpha value is -2.33. The van der Waals surface area contributed by atoms with Crippen LogP contribution in [0.15, 0.2) is 60.0 Å². The van der Waals surface area contributed by atoms with Crippen LogP contribution in [-0.4, -0.2) is 11.5 Å². The van der Waals surface area contributed by atoms with Crippen LogP contribution in [0.5, 0.6) is 0 Å². The van der Waals surface area contributed by atoms with Crippen molar-refractivity contribution >= 4 is 22.7 Å². The second-order valence-electron chi connectivity index (χ2n) is 6.22. The molecule has 0 aliphatic heterocycles. The second-order valence-corrected chi connectivity index (χ2v) is 7.08. The maximum atomic E-state index is 4.72. The van der Waals surface area contributed by atoms with Gasteiger partial charge in [-0.1, -0.05) is 50.2 Å². The molecule has 0 aliphatic carbocycles. The molecular weight excluding hydrogens is 314 g/mol. The van der Waals surface area contributed by atoms with Crippen molar-refractivity contribution in [2.75, 3.05) is 17.2 Å². The van der Waals surface area contributed by atoms with Gasteiger partial charge in [-0.2, -0.15) is 0 Å². The average Bonchev–Trinajstić information content (AvgIpc) is 3.08. The first kappa shape index (κ1) is 16.5. The number of thiazole rings is 1. The summed E-state index contributed by atoms with van der Waals surface area (Å²) in [5.41, 5.74) is 4.50. The maximum absolute atomic E-state index is 4.72. The SMILES string of the molecule is CC(C)CNc1cccc(NCc2csc(-c3ccccc3)n2)c1. The van der Waals surface area contributed by atoms with Crippen LogP contribution in [-0.2, 0) is 6.54 Å². The number of hydrogen-bond donors (Lipinski definition) is 2. The number of rotatable bonds is 7. The largest absolute Gasteiger partial charge is 0.385 e. The van der Waals surface area contributed by atoms with Crippen molar-refractivity contribution in [3.05, 3.63) is 65.7 Å². The topological polar surface area (TPSA) is 37.0 Å². The third kappa shape index (κ3) is 4.59. The molecular formula is C20H23N3S. The molecule has 0 radical (unpaired) electrons. The fourth-order valence-corrected chi connectivity index (χ4v) is 3.18. The summed E-state index contributed by atoms with van der Waals surface area (Å²) in [7, 11) is 0. The van der Waals surface area contributed by atoms with Gasteiger partial charge >= 0.3 is 0 Å². The van der Waals surface area contributed by atoms with E-state index in [1.54, 1.807) is 11.3 Å². The van der Waals surface area contributed by atoms with Crippen LogP contribution in [0.3, 0.4) is 0 Å². The van der Waals surface area contributed by atoms with Crippen molar-refractivity contribution in [2.45, 2.75) is 20.4 Å². The molecule has 0 unspecified atom stereocenters. The Morgan fingerprint density at radius 3 is 2.46 bits per heavy atom. The Kier molecular flexibility index (Phi) is 5.49. The second kappa shape index (κ2) is 7.97. The van der Waals surface area contributed by atoms with Crippen molar-refractivity contribution in [3.63, 3.8) is 0 Å². The Bertz CT molecular complexity index is 765. The van der Waals surface area contributed by atoms with Gasteiger partial charge in [-0.15, -0.1) is 11.3 Å². The predicted molar refractivity (Wildman–Crippen MR) is 105 cm³/mol. The van der Waals surface area contributed by atoms with Crippen molar-refractivity contribution in [3.8, 4) is 10.6 Å². The first-order chi connectivity index (χ1) is 11.7. The van der Waals surface area contributed by atoms with Gasteiger partial charge in [-0.25, -0.2) is 4.98 Å². The molecule has 2 N–H and O–H groups in total. The number of hydrogen-bond acceptors (Lipinski definition) is 4. The van der Waals surface area contributed by atoms with E-state index in [9.17, 15) is 0 Å².